The van der Waals surface area contributed by atoms with Gasteiger partial charge in [-0.1, -0.05) is 17.7 Å². The Bertz CT molecular complexity index is 935. The Morgan fingerprint density at radius 2 is 1.85 bits per heavy atom. The average molecular weight is 415 g/mol. The number of carbonyl (C=O) groups excluding carboxylic acids is 2. The number of amides is 1. The zero-order chi connectivity index (χ0) is 20.0. The standard InChI is InChI=1S/C17H16ClFN2O5S/c1-11(17(23)21-14-4-2-3-12(18)9-14)26-16(22)10-20-27(24,25)15-7-5-13(19)6-8-15/h2-9,11,20H,10H2,1H3,(H,21,23)/t11-/m0/s1. The monoisotopic (exact) mass is 414 g/mol. The van der Waals surface area contributed by atoms with E-state index in [0.717, 1.165) is 24.3 Å². The summed E-state index contributed by atoms with van der Waals surface area (Å²) in [5, 5.41) is 2.94. The Balaban J connectivity index is 1.87. The third-order valence-corrected chi connectivity index (χ3v) is 4.95. The first kappa shape index (κ1) is 20.8. The van der Waals surface area contributed by atoms with Gasteiger partial charge < -0.3 is 10.1 Å². The molecule has 0 heterocycles. The summed E-state index contributed by atoms with van der Waals surface area (Å²) in [6, 6.07) is 10.5. The highest BCUT2D eigenvalue weighted by atomic mass is 35.5. The Morgan fingerprint density at radius 3 is 2.48 bits per heavy atom. The SMILES string of the molecule is C[C@H](OC(=O)CNS(=O)(=O)c1ccc(F)cc1)C(=O)Nc1cccc(Cl)c1. The lowest BCUT2D eigenvalue weighted by molar-refractivity contribution is -0.151. The van der Waals surface area contributed by atoms with Crippen LogP contribution in [0.5, 0.6) is 0 Å². The number of anilines is 1. The maximum Gasteiger partial charge on any atom is 0.321 e. The van der Waals surface area contributed by atoms with Crippen molar-refractivity contribution >= 4 is 39.2 Å². The van der Waals surface area contributed by atoms with Gasteiger partial charge in [-0.25, -0.2) is 12.8 Å². The van der Waals surface area contributed by atoms with Gasteiger partial charge in [-0.15, -0.1) is 0 Å². The lowest BCUT2D eigenvalue weighted by atomic mass is 10.3. The summed E-state index contributed by atoms with van der Waals surface area (Å²) in [6.45, 7) is 0.654. The van der Waals surface area contributed by atoms with Gasteiger partial charge in [-0.2, -0.15) is 4.72 Å². The van der Waals surface area contributed by atoms with Gasteiger partial charge >= 0.3 is 5.97 Å². The van der Waals surface area contributed by atoms with Crippen LogP contribution >= 0.6 is 11.6 Å². The van der Waals surface area contributed by atoms with Crippen molar-refractivity contribution in [2.24, 2.45) is 0 Å². The first-order chi connectivity index (χ1) is 12.7. The van der Waals surface area contributed by atoms with Gasteiger partial charge in [0, 0.05) is 10.7 Å². The van der Waals surface area contributed by atoms with Gasteiger partial charge in [0.2, 0.25) is 10.0 Å². The smallest absolute Gasteiger partial charge is 0.321 e. The Labute approximate surface area is 160 Å². The quantitative estimate of drug-likeness (QED) is 0.677. The molecule has 7 nitrogen and oxygen atoms in total. The number of benzene rings is 2. The molecule has 2 aromatic carbocycles. The molecule has 2 aromatic rings. The molecule has 0 saturated carbocycles. The summed E-state index contributed by atoms with van der Waals surface area (Å²) in [5.41, 5.74) is 0.424. The normalized spacial score (nSPS) is 12.3. The topological polar surface area (TPSA) is 102 Å². The molecule has 0 aromatic heterocycles. The average Bonchev–Trinajstić information content (AvgIpc) is 2.60. The molecule has 1 amide bonds. The summed E-state index contributed by atoms with van der Waals surface area (Å²) in [4.78, 5) is 23.6. The molecule has 0 spiro atoms. The molecule has 0 fully saturated rings. The lowest BCUT2D eigenvalue weighted by Gasteiger charge is -2.14. The van der Waals surface area contributed by atoms with Crippen LogP contribution in [0.4, 0.5) is 10.1 Å². The molecule has 144 valence electrons. The van der Waals surface area contributed by atoms with Crippen molar-refractivity contribution in [3.8, 4) is 0 Å². The third kappa shape index (κ3) is 6.31. The van der Waals surface area contributed by atoms with Crippen molar-refractivity contribution < 1.29 is 27.1 Å². The predicted molar refractivity (Wildman–Crippen MR) is 97.2 cm³/mol. The number of hydrogen-bond donors (Lipinski definition) is 2. The van der Waals surface area contributed by atoms with Crippen LogP contribution in [0.3, 0.4) is 0 Å². The Kier molecular flexibility index (Phi) is 6.89. The van der Waals surface area contributed by atoms with E-state index in [0.29, 0.717) is 10.7 Å². The maximum absolute atomic E-state index is 12.9. The third-order valence-electron chi connectivity index (χ3n) is 3.30. The van der Waals surface area contributed by atoms with Crippen LogP contribution in [0.25, 0.3) is 0 Å². The first-order valence-electron chi connectivity index (χ1n) is 7.68. The minimum atomic E-state index is -4.01. The Hall–Kier alpha value is -2.49. The number of sulfonamides is 1. The highest BCUT2D eigenvalue weighted by Crippen LogP contribution is 2.15. The second-order valence-electron chi connectivity index (χ2n) is 5.41. The molecular weight excluding hydrogens is 399 g/mol. The maximum atomic E-state index is 12.9. The van der Waals surface area contributed by atoms with Crippen LogP contribution in [0.2, 0.25) is 5.02 Å². The van der Waals surface area contributed by atoms with Crippen LogP contribution in [0, 0.1) is 5.82 Å². The highest BCUT2D eigenvalue weighted by molar-refractivity contribution is 7.89. The fourth-order valence-electron chi connectivity index (χ4n) is 1.95. The molecule has 2 rings (SSSR count). The van der Waals surface area contributed by atoms with Crippen molar-refractivity contribution in [1.82, 2.24) is 4.72 Å². The van der Waals surface area contributed by atoms with Crippen molar-refractivity contribution in [3.05, 3.63) is 59.4 Å². The molecule has 1 atom stereocenters. The van der Waals surface area contributed by atoms with Gasteiger partial charge in [-0.05, 0) is 49.4 Å². The molecule has 0 saturated heterocycles. The fraction of sp³-hybridized carbons (Fsp3) is 0.176. The van der Waals surface area contributed by atoms with E-state index in [1.165, 1.54) is 13.0 Å². The van der Waals surface area contributed by atoms with E-state index < -0.39 is 40.4 Å². The number of esters is 1. The van der Waals surface area contributed by atoms with E-state index in [1.54, 1.807) is 18.2 Å². The zero-order valence-corrected chi connectivity index (χ0v) is 15.7. The number of carbonyl (C=O) groups is 2. The van der Waals surface area contributed by atoms with Gasteiger partial charge in [0.1, 0.15) is 12.4 Å². The van der Waals surface area contributed by atoms with E-state index >= 15 is 0 Å². The number of hydrogen-bond acceptors (Lipinski definition) is 5. The van der Waals surface area contributed by atoms with Gasteiger partial charge in [-0.3, -0.25) is 9.59 Å². The molecule has 0 aliphatic heterocycles. The number of nitrogens with one attached hydrogen (secondary N) is 2. The summed E-state index contributed by atoms with van der Waals surface area (Å²) in [5.74, 6) is -2.14. The first-order valence-corrected chi connectivity index (χ1v) is 9.54. The zero-order valence-electron chi connectivity index (χ0n) is 14.1. The van der Waals surface area contributed by atoms with Gasteiger partial charge in [0.05, 0.1) is 4.90 Å². The minimum Gasteiger partial charge on any atom is -0.452 e. The van der Waals surface area contributed by atoms with Crippen LogP contribution < -0.4 is 10.0 Å². The molecule has 27 heavy (non-hydrogen) atoms. The van der Waals surface area contributed by atoms with E-state index in [9.17, 15) is 22.4 Å². The molecule has 0 bridgehead atoms. The molecule has 0 aliphatic carbocycles. The predicted octanol–water partition coefficient (Wildman–Crippen LogP) is 2.33. The summed E-state index contributed by atoms with van der Waals surface area (Å²) in [6.07, 6.45) is -1.16. The largest absolute Gasteiger partial charge is 0.452 e. The van der Waals surface area contributed by atoms with Crippen molar-refractivity contribution in [1.29, 1.82) is 0 Å². The molecule has 0 radical (unpaired) electrons. The molecule has 0 aliphatic rings. The second kappa shape index (κ2) is 8.94. The highest BCUT2D eigenvalue weighted by Gasteiger charge is 2.20. The molecule has 10 heteroatoms. The van der Waals surface area contributed by atoms with Crippen LogP contribution in [0.1, 0.15) is 6.92 Å². The minimum absolute atomic E-state index is 0.205. The number of rotatable bonds is 7. The lowest BCUT2D eigenvalue weighted by Crippen LogP contribution is -2.35. The van der Waals surface area contributed by atoms with Gasteiger partial charge in [0.15, 0.2) is 6.10 Å². The van der Waals surface area contributed by atoms with E-state index in [-0.39, 0.29) is 4.90 Å². The van der Waals surface area contributed by atoms with Crippen LogP contribution in [-0.2, 0) is 24.3 Å². The van der Waals surface area contributed by atoms with Crippen LogP contribution in [-0.4, -0.2) is 32.9 Å². The molecule has 2 N–H and O–H groups in total. The van der Waals surface area contributed by atoms with E-state index in [4.69, 9.17) is 16.3 Å². The van der Waals surface area contributed by atoms with Crippen molar-refractivity contribution in [2.45, 2.75) is 17.9 Å². The van der Waals surface area contributed by atoms with Crippen molar-refractivity contribution in [3.63, 3.8) is 0 Å². The van der Waals surface area contributed by atoms with Crippen LogP contribution in [0.15, 0.2) is 53.4 Å². The fourth-order valence-corrected chi connectivity index (χ4v) is 3.11. The van der Waals surface area contributed by atoms with Crippen molar-refractivity contribution in [2.75, 3.05) is 11.9 Å². The van der Waals surface area contributed by atoms with E-state index in [2.05, 4.69) is 5.32 Å². The molecular formula is C17H16ClFN2O5S. The van der Waals surface area contributed by atoms with E-state index in [1.807, 2.05) is 4.72 Å². The molecule has 0 unspecified atom stereocenters. The second-order valence-corrected chi connectivity index (χ2v) is 7.61. The number of ether oxygens (including phenoxy) is 1. The Morgan fingerprint density at radius 1 is 1.19 bits per heavy atom. The summed E-state index contributed by atoms with van der Waals surface area (Å²) in [7, 11) is -4.01. The summed E-state index contributed by atoms with van der Waals surface area (Å²) < 4.78 is 43.8. The number of halogens is 2. The van der Waals surface area contributed by atoms with Gasteiger partial charge in [0.25, 0.3) is 5.91 Å². The summed E-state index contributed by atoms with van der Waals surface area (Å²) >= 11 is 5.81.